The number of carbonyl (C=O) groups excluding carboxylic acids is 1. The molecule has 0 saturated carbocycles. The summed E-state index contributed by atoms with van der Waals surface area (Å²) in [5.41, 5.74) is 2.76. The summed E-state index contributed by atoms with van der Waals surface area (Å²) in [6, 6.07) is 5.77. The van der Waals surface area contributed by atoms with E-state index in [0.29, 0.717) is 30.7 Å². The molecule has 0 bridgehead atoms. The fraction of sp³-hybridized carbons (Fsp3) is 0.227. The summed E-state index contributed by atoms with van der Waals surface area (Å²) in [5.74, 6) is -1.09. The maximum absolute atomic E-state index is 12.0. The van der Waals surface area contributed by atoms with Crippen molar-refractivity contribution in [3.8, 4) is 0 Å². The second kappa shape index (κ2) is 8.83. The Morgan fingerprint density at radius 3 is 2.19 bits per heavy atom. The average molecular weight is 444 g/mol. The highest BCUT2D eigenvalue weighted by Crippen LogP contribution is 2.32. The number of carboxylic acid groups (broad SMARTS) is 1. The van der Waals surface area contributed by atoms with Crippen LogP contribution in [-0.2, 0) is 26.3 Å². The van der Waals surface area contributed by atoms with Gasteiger partial charge in [-0.3, -0.25) is 14.1 Å². The molecule has 0 unspecified atom stereocenters. The Balaban J connectivity index is 1.87. The Morgan fingerprint density at radius 2 is 1.68 bits per heavy atom. The van der Waals surface area contributed by atoms with E-state index in [0.717, 1.165) is 11.3 Å². The van der Waals surface area contributed by atoms with E-state index in [4.69, 9.17) is 9.66 Å². The lowest BCUT2D eigenvalue weighted by Gasteiger charge is -2.20. The minimum absolute atomic E-state index is 0.000644. The summed E-state index contributed by atoms with van der Waals surface area (Å²) in [4.78, 5) is 22.6. The Hall–Kier alpha value is -3.30. The zero-order valence-electron chi connectivity index (χ0n) is 16.8. The highest BCUT2D eigenvalue weighted by molar-refractivity contribution is 7.85. The molecular weight excluding hydrogens is 422 g/mol. The first-order valence-corrected chi connectivity index (χ1v) is 11.0. The molecule has 0 aromatic heterocycles. The molecule has 0 atom stereocenters. The first-order chi connectivity index (χ1) is 14.6. The number of carboxylic acids is 1. The second-order valence-electron chi connectivity index (χ2n) is 7.26. The molecule has 0 heterocycles. The summed E-state index contributed by atoms with van der Waals surface area (Å²) in [6.45, 7) is 2.38. The Labute approximate surface area is 179 Å². The smallest absolute Gasteiger partial charge is 0.303 e. The fourth-order valence-corrected chi connectivity index (χ4v) is 3.82. The van der Waals surface area contributed by atoms with Crippen molar-refractivity contribution in [3.63, 3.8) is 0 Å². The summed E-state index contributed by atoms with van der Waals surface area (Å²) >= 11 is 0. The maximum atomic E-state index is 12.0. The van der Waals surface area contributed by atoms with Gasteiger partial charge in [0.05, 0.1) is 16.9 Å². The van der Waals surface area contributed by atoms with Gasteiger partial charge >= 0.3 is 5.97 Å². The van der Waals surface area contributed by atoms with Gasteiger partial charge in [0.1, 0.15) is 12.3 Å². The van der Waals surface area contributed by atoms with Crippen molar-refractivity contribution in [1.29, 1.82) is 0 Å². The van der Waals surface area contributed by atoms with E-state index in [1.165, 1.54) is 12.1 Å². The topological polar surface area (TPSA) is 132 Å². The van der Waals surface area contributed by atoms with Crippen LogP contribution in [0.15, 0.2) is 75.9 Å². The van der Waals surface area contributed by atoms with Crippen molar-refractivity contribution in [2.75, 3.05) is 6.54 Å². The monoisotopic (exact) mass is 444 g/mol. The molecule has 0 fully saturated rings. The first kappa shape index (κ1) is 22.4. The lowest BCUT2D eigenvalue weighted by molar-refractivity contribution is -0.543. The number of rotatable bonds is 7. The van der Waals surface area contributed by atoms with Gasteiger partial charge in [0.2, 0.25) is 0 Å². The van der Waals surface area contributed by atoms with Crippen molar-refractivity contribution in [1.82, 2.24) is 0 Å². The van der Waals surface area contributed by atoms with Crippen LogP contribution in [0.2, 0.25) is 0 Å². The van der Waals surface area contributed by atoms with Gasteiger partial charge in [0.15, 0.2) is 18.0 Å². The largest absolute Gasteiger partial charge is 0.507 e. The van der Waals surface area contributed by atoms with Crippen LogP contribution in [-0.4, -0.2) is 51.8 Å². The van der Waals surface area contributed by atoms with E-state index >= 15 is 0 Å². The molecule has 31 heavy (non-hydrogen) atoms. The number of aliphatic hydroxyl groups excluding tert-OH is 1. The molecule has 1 aromatic carbocycles. The van der Waals surface area contributed by atoms with Crippen molar-refractivity contribution in [2.45, 2.75) is 31.2 Å². The highest BCUT2D eigenvalue weighted by atomic mass is 32.2. The fourth-order valence-electron chi connectivity index (χ4n) is 3.34. The number of aliphatic carboxylic acids is 1. The normalized spacial score (nSPS) is 16.1. The van der Waals surface area contributed by atoms with Crippen LogP contribution in [0.1, 0.15) is 25.3 Å². The molecular formula is C22H22NO7S+. The van der Waals surface area contributed by atoms with Crippen LogP contribution in [0.4, 0.5) is 0 Å². The maximum Gasteiger partial charge on any atom is 0.303 e. The van der Waals surface area contributed by atoms with Gasteiger partial charge in [-0.15, -0.1) is 0 Å². The molecule has 1 aromatic rings. The second-order valence-corrected chi connectivity index (χ2v) is 8.68. The van der Waals surface area contributed by atoms with Crippen LogP contribution in [0.5, 0.6) is 0 Å². The molecule has 0 aliphatic heterocycles. The molecule has 0 saturated heterocycles. The zero-order chi connectivity index (χ0) is 22.8. The lowest BCUT2D eigenvalue weighted by atomic mass is 9.84. The number of benzene rings is 1. The van der Waals surface area contributed by atoms with Crippen LogP contribution < -0.4 is 0 Å². The summed E-state index contributed by atoms with van der Waals surface area (Å²) in [7, 11) is -4.28. The number of nitrogens with zero attached hydrogens (tertiary/aromatic N) is 1. The SMILES string of the molecule is CC1=C(O)C(=C2C=CC(=[N+](CCCC(=O)O)Cc3ccc(S(=O)(=O)O)cc3)C=C2)C1=O. The van der Waals surface area contributed by atoms with Crippen LogP contribution >= 0.6 is 0 Å². The van der Waals surface area contributed by atoms with Crippen molar-refractivity contribution in [2.24, 2.45) is 0 Å². The van der Waals surface area contributed by atoms with Gasteiger partial charge in [-0.05, 0) is 36.8 Å². The first-order valence-electron chi connectivity index (χ1n) is 9.53. The summed E-state index contributed by atoms with van der Waals surface area (Å²) < 4.78 is 33.5. The molecule has 0 amide bonds. The number of Topliss-reactive ketones (excluding diaryl/α,β-unsaturated/α-hetero) is 1. The van der Waals surface area contributed by atoms with Gasteiger partial charge in [0, 0.05) is 29.7 Å². The van der Waals surface area contributed by atoms with E-state index in [2.05, 4.69) is 0 Å². The molecule has 162 valence electrons. The predicted molar refractivity (Wildman–Crippen MR) is 113 cm³/mol. The molecule has 2 aliphatic rings. The van der Waals surface area contributed by atoms with Gasteiger partial charge < -0.3 is 10.2 Å². The van der Waals surface area contributed by atoms with E-state index < -0.39 is 16.1 Å². The Kier molecular flexibility index (Phi) is 6.37. The number of allylic oxidation sites excluding steroid dienone is 7. The summed E-state index contributed by atoms with van der Waals surface area (Å²) in [6.07, 6.45) is 7.40. The van der Waals surface area contributed by atoms with E-state index in [9.17, 15) is 23.1 Å². The minimum atomic E-state index is -4.28. The Bertz CT molecular complexity index is 1180. The number of carbonyl (C=O) groups is 2. The number of hydrogen-bond donors (Lipinski definition) is 3. The van der Waals surface area contributed by atoms with E-state index in [1.54, 1.807) is 43.4 Å². The van der Waals surface area contributed by atoms with Crippen LogP contribution in [0, 0.1) is 0 Å². The zero-order valence-corrected chi connectivity index (χ0v) is 17.6. The quantitative estimate of drug-likeness (QED) is 0.334. The Morgan fingerprint density at radius 1 is 1.06 bits per heavy atom. The third-order valence-electron chi connectivity index (χ3n) is 5.09. The summed E-state index contributed by atoms with van der Waals surface area (Å²) in [5, 5.41) is 18.9. The van der Waals surface area contributed by atoms with Crippen molar-refractivity contribution in [3.05, 3.63) is 76.6 Å². The third-order valence-corrected chi connectivity index (χ3v) is 5.96. The predicted octanol–water partition coefficient (Wildman–Crippen LogP) is 2.59. The van der Waals surface area contributed by atoms with Crippen LogP contribution in [0.3, 0.4) is 0 Å². The van der Waals surface area contributed by atoms with Gasteiger partial charge in [-0.2, -0.15) is 8.42 Å². The lowest BCUT2D eigenvalue weighted by Crippen LogP contribution is -2.24. The molecule has 0 spiro atoms. The van der Waals surface area contributed by atoms with Gasteiger partial charge in [0.25, 0.3) is 10.1 Å². The molecule has 3 N–H and O–H groups in total. The van der Waals surface area contributed by atoms with Gasteiger partial charge in [-0.25, -0.2) is 4.58 Å². The van der Waals surface area contributed by atoms with E-state index in [-0.39, 0.29) is 28.4 Å². The van der Waals surface area contributed by atoms with Crippen LogP contribution in [0.25, 0.3) is 0 Å². The third kappa shape index (κ3) is 5.07. The molecule has 8 nitrogen and oxygen atoms in total. The molecule has 9 heteroatoms. The highest BCUT2D eigenvalue weighted by Gasteiger charge is 2.32. The van der Waals surface area contributed by atoms with Crippen molar-refractivity contribution < 1.29 is 37.3 Å². The van der Waals surface area contributed by atoms with Crippen molar-refractivity contribution >= 4 is 27.6 Å². The molecule has 3 rings (SSSR count). The molecule has 0 radical (unpaired) electrons. The molecule has 2 aliphatic carbocycles. The average Bonchev–Trinajstić information content (AvgIpc) is 2.73. The van der Waals surface area contributed by atoms with E-state index in [1.807, 2.05) is 4.58 Å². The van der Waals surface area contributed by atoms with Gasteiger partial charge in [-0.1, -0.05) is 12.1 Å². The number of ketones is 1. The minimum Gasteiger partial charge on any atom is -0.507 e. The number of aliphatic hydroxyl groups is 1. The standard InChI is InChI=1S/C22H21NO7S/c1-14-21(26)20(22(14)27)16-6-8-17(9-7-16)23(12-2-3-19(24)25)13-15-4-10-18(11-5-15)31(28,29)30/h4-11H,2-3,12-13H2,1H3,(H2-,24,25,26,27,28,29,30)/p+1. The number of hydrogen-bond acceptors (Lipinski definition) is 5.